The molecular weight excluding hydrogens is 242 g/mol. The smallest absolute Gasteiger partial charge is 0.0470 e. The third kappa shape index (κ3) is 4.74. The topological polar surface area (TPSA) is 21.3 Å². The maximum atomic E-state index is 5.98. The third-order valence-corrected chi connectivity index (χ3v) is 3.58. The van der Waals surface area contributed by atoms with E-state index in [9.17, 15) is 0 Å². The maximum absolute atomic E-state index is 5.98. The normalized spacial score (nSPS) is 10.7. The number of benzene rings is 1. The summed E-state index contributed by atoms with van der Waals surface area (Å²) >= 11 is 7.84. The van der Waals surface area contributed by atoms with Gasteiger partial charge in [-0.05, 0) is 37.2 Å². The van der Waals surface area contributed by atoms with Crippen molar-refractivity contribution in [3.8, 4) is 0 Å². The Hall–Kier alpha value is -0.220. The zero-order valence-electron chi connectivity index (χ0n) is 9.75. The van der Waals surface area contributed by atoms with E-state index in [-0.39, 0.29) is 0 Å². The van der Waals surface area contributed by atoms with Crippen LogP contribution in [-0.2, 0) is 11.3 Å². The molecule has 0 bridgehead atoms. The molecule has 0 spiro atoms. The summed E-state index contributed by atoms with van der Waals surface area (Å²) in [5.74, 6) is 1.08. The van der Waals surface area contributed by atoms with Gasteiger partial charge in [0, 0.05) is 35.9 Å². The van der Waals surface area contributed by atoms with Gasteiger partial charge in [-0.25, -0.2) is 0 Å². The highest BCUT2D eigenvalue weighted by Gasteiger charge is 2.03. The summed E-state index contributed by atoms with van der Waals surface area (Å²) in [6.07, 6.45) is 1.07. The van der Waals surface area contributed by atoms with Crippen molar-refractivity contribution in [3.05, 3.63) is 28.8 Å². The quantitative estimate of drug-likeness (QED) is 0.600. The van der Waals surface area contributed by atoms with Crippen LogP contribution in [0.2, 0.25) is 5.02 Å². The van der Waals surface area contributed by atoms with Gasteiger partial charge in [0.2, 0.25) is 0 Å². The van der Waals surface area contributed by atoms with Crippen molar-refractivity contribution >= 4 is 23.4 Å². The van der Waals surface area contributed by atoms with E-state index < -0.39 is 0 Å². The van der Waals surface area contributed by atoms with Crippen molar-refractivity contribution in [3.63, 3.8) is 0 Å². The van der Waals surface area contributed by atoms with Crippen molar-refractivity contribution < 1.29 is 4.74 Å². The summed E-state index contributed by atoms with van der Waals surface area (Å²) in [7, 11) is 3.68. The van der Waals surface area contributed by atoms with Crippen molar-refractivity contribution in [1.82, 2.24) is 5.32 Å². The summed E-state index contributed by atoms with van der Waals surface area (Å²) in [5.41, 5.74) is 1.26. The van der Waals surface area contributed by atoms with E-state index in [0.717, 1.165) is 30.3 Å². The van der Waals surface area contributed by atoms with Crippen LogP contribution in [0.3, 0.4) is 0 Å². The maximum Gasteiger partial charge on any atom is 0.0470 e. The van der Waals surface area contributed by atoms with E-state index in [4.69, 9.17) is 16.3 Å². The van der Waals surface area contributed by atoms with Crippen molar-refractivity contribution in [2.75, 3.05) is 26.5 Å². The first-order valence-electron chi connectivity index (χ1n) is 5.32. The summed E-state index contributed by atoms with van der Waals surface area (Å²) in [5, 5.41) is 3.95. The first-order valence-corrected chi connectivity index (χ1v) is 6.69. The molecule has 0 amide bonds. The number of ether oxygens (including phenoxy) is 1. The second-order valence-corrected chi connectivity index (χ2v) is 5.05. The fraction of sp³-hybridized carbons (Fsp3) is 0.500. The Labute approximate surface area is 107 Å². The van der Waals surface area contributed by atoms with Crippen LogP contribution in [0.5, 0.6) is 0 Å². The van der Waals surface area contributed by atoms with Crippen LogP contribution in [0.25, 0.3) is 0 Å². The molecule has 90 valence electrons. The van der Waals surface area contributed by atoms with Crippen LogP contribution in [0.1, 0.15) is 12.0 Å². The highest BCUT2D eigenvalue weighted by molar-refractivity contribution is 7.99. The lowest BCUT2D eigenvalue weighted by atomic mass is 10.2. The molecule has 0 radical (unpaired) electrons. The largest absolute Gasteiger partial charge is 0.385 e. The Kier molecular flexibility index (Phi) is 6.88. The number of hydrogen-bond acceptors (Lipinski definition) is 3. The van der Waals surface area contributed by atoms with Gasteiger partial charge in [-0.1, -0.05) is 11.6 Å². The number of methoxy groups -OCH3 is 1. The molecule has 0 aliphatic rings. The zero-order chi connectivity index (χ0) is 11.8. The van der Waals surface area contributed by atoms with Gasteiger partial charge in [0.25, 0.3) is 0 Å². The molecule has 1 aromatic rings. The van der Waals surface area contributed by atoms with E-state index in [0.29, 0.717) is 0 Å². The van der Waals surface area contributed by atoms with E-state index >= 15 is 0 Å². The predicted octanol–water partition coefficient (Wildman–Crippen LogP) is 3.19. The van der Waals surface area contributed by atoms with Crippen molar-refractivity contribution in [2.24, 2.45) is 0 Å². The molecule has 2 nitrogen and oxygen atoms in total. The van der Waals surface area contributed by atoms with Gasteiger partial charge in [0.15, 0.2) is 0 Å². The summed E-state index contributed by atoms with van der Waals surface area (Å²) in [6, 6.07) is 6.06. The van der Waals surface area contributed by atoms with Gasteiger partial charge >= 0.3 is 0 Å². The Bertz CT molecular complexity index is 320. The van der Waals surface area contributed by atoms with E-state index in [1.807, 2.05) is 30.9 Å². The highest BCUT2D eigenvalue weighted by Crippen LogP contribution is 2.26. The predicted molar refractivity (Wildman–Crippen MR) is 71.4 cm³/mol. The lowest BCUT2D eigenvalue weighted by Crippen LogP contribution is -2.06. The van der Waals surface area contributed by atoms with E-state index in [1.54, 1.807) is 7.11 Å². The minimum atomic E-state index is 0.798. The van der Waals surface area contributed by atoms with Crippen LogP contribution >= 0.6 is 23.4 Å². The summed E-state index contributed by atoms with van der Waals surface area (Å²) in [4.78, 5) is 1.30. The first kappa shape index (κ1) is 13.8. The lowest BCUT2D eigenvalue weighted by Gasteiger charge is -2.09. The fourth-order valence-electron chi connectivity index (χ4n) is 1.40. The van der Waals surface area contributed by atoms with E-state index in [2.05, 4.69) is 11.4 Å². The number of rotatable bonds is 7. The van der Waals surface area contributed by atoms with E-state index in [1.165, 1.54) is 10.5 Å². The van der Waals surface area contributed by atoms with Crippen LogP contribution in [0.15, 0.2) is 23.1 Å². The summed E-state index contributed by atoms with van der Waals surface area (Å²) in [6.45, 7) is 1.68. The highest BCUT2D eigenvalue weighted by atomic mass is 35.5. The molecule has 0 aliphatic heterocycles. The Morgan fingerprint density at radius 3 is 2.94 bits per heavy atom. The second-order valence-electron chi connectivity index (χ2n) is 3.48. The molecule has 0 saturated carbocycles. The number of nitrogens with one attached hydrogen (secondary N) is 1. The molecule has 0 atom stereocenters. The van der Waals surface area contributed by atoms with Crippen LogP contribution in [0.4, 0.5) is 0 Å². The molecule has 0 unspecified atom stereocenters. The molecule has 0 heterocycles. The molecule has 4 heteroatoms. The number of thioether (sulfide) groups is 1. The molecule has 1 N–H and O–H groups in total. The lowest BCUT2D eigenvalue weighted by molar-refractivity contribution is 0.200. The van der Waals surface area contributed by atoms with Gasteiger partial charge in [0.05, 0.1) is 0 Å². The molecule has 1 rings (SSSR count). The standard InChI is InChI=1S/C12H18ClNOS/c1-14-9-10-8-11(13)4-5-12(10)16-7-3-6-15-2/h4-5,8,14H,3,6-7,9H2,1-2H3. The van der Waals surface area contributed by atoms with Gasteiger partial charge in [-0.15, -0.1) is 11.8 Å². The van der Waals surface area contributed by atoms with Gasteiger partial charge < -0.3 is 10.1 Å². The average Bonchev–Trinajstić information content (AvgIpc) is 2.27. The molecule has 1 aromatic carbocycles. The number of hydrogen-bond donors (Lipinski definition) is 1. The fourth-order valence-corrected chi connectivity index (χ4v) is 2.56. The molecule has 0 aliphatic carbocycles. The van der Waals surface area contributed by atoms with Crippen LogP contribution in [-0.4, -0.2) is 26.5 Å². The third-order valence-electron chi connectivity index (χ3n) is 2.14. The molecule has 0 saturated heterocycles. The van der Waals surface area contributed by atoms with Crippen molar-refractivity contribution in [1.29, 1.82) is 0 Å². The molecule has 0 fully saturated rings. The molecule has 16 heavy (non-hydrogen) atoms. The second kappa shape index (κ2) is 7.96. The Morgan fingerprint density at radius 1 is 1.44 bits per heavy atom. The Balaban J connectivity index is 2.56. The number of halogens is 1. The average molecular weight is 260 g/mol. The Morgan fingerprint density at radius 2 is 2.25 bits per heavy atom. The minimum absolute atomic E-state index is 0.798. The molecular formula is C12H18ClNOS. The van der Waals surface area contributed by atoms with Crippen LogP contribution in [0, 0.1) is 0 Å². The minimum Gasteiger partial charge on any atom is -0.385 e. The zero-order valence-corrected chi connectivity index (χ0v) is 11.3. The van der Waals surface area contributed by atoms with Gasteiger partial charge in [0.1, 0.15) is 0 Å². The van der Waals surface area contributed by atoms with Crippen LogP contribution < -0.4 is 5.32 Å². The first-order chi connectivity index (χ1) is 7.77. The molecule has 0 aromatic heterocycles. The van der Waals surface area contributed by atoms with Crippen molar-refractivity contribution in [2.45, 2.75) is 17.9 Å². The SMILES string of the molecule is CNCc1cc(Cl)ccc1SCCCOC. The summed E-state index contributed by atoms with van der Waals surface area (Å²) < 4.78 is 5.03. The van der Waals surface area contributed by atoms with Gasteiger partial charge in [-0.3, -0.25) is 0 Å². The van der Waals surface area contributed by atoms with Gasteiger partial charge in [-0.2, -0.15) is 0 Å². The monoisotopic (exact) mass is 259 g/mol.